The van der Waals surface area contributed by atoms with Gasteiger partial charge in [-0.15, -0.1) is 0 Å². The topological polar surface area (TPSA) is 94.8 Å². The fourth-order valence-electron chi connectivity index (χ4n) is 4.47. The Morgan fingerprint density at radius 3 is 2.35 bits per heavy atom. The summed E-state index contributed by atoms with van der Waals surface area (Å²) in [6.07, 6.45) is 1.20. The first kappa shape index (κ1) is 15.0. The smallest absolute Gasteiger partial charge is 0.311 e. The van der Waals surface area contributed by atoms with Crippen LogP contribution in [0.25, 0.3) is 0 Å². The molecule has 20 heavy (non-hydrogen) atoms. The summed E-state index contributed by atoms with van der Waals surface area (Å²) in [6.45, 7) is 7.27. The molecule has 2 aliphatic rings. The monoisotopic (exact) mass is 282 g/mol. The predicted octanol–water partition coefficient (Wildman–Crippen LogP) is 1.91. The van der Waals surface area contributed by atoms with Gasteiger partial charge in [0.15, 0.2) is 0 Å². The fourth-order valence-corrected chi connectivity index (χ4v) is 4.47. The molecule has 0 heterocycles. The van der Waals surface area contributed by atoms with E-state index in [9.17, 15) is 24.9 Å². The van der Waals surface area contributed by atoms with Gasteiger partial charge in [-0.25, -0.2) is 0 Å². The zero-order valence-electron chi connectivity index (χ0n) is 11.9. The molecule has 0 aromatic rings. The maximum atomic E-state index is 11.7. The molecule has 0 aromatic carbocycles. The molecule has 0 aliphatic heterocycles. The highest BCUT2D eigenvalue weighted by atomic mass is 16.4. The number of hydrogen-bond acceptors (Lipinski definition) is 3. The Hall–Kier alpha value is -1.36. The van der Waals surface area contributed by atoms with Crippen molar-refractivity contribution in [2.24, 2.45) is 22.7 Å². The minimum atomic E-state index is -1.02. The second-order valence-corrected chi connectivity index (χ2v) is 6.73. The average molecular weight is 282 g/mol. The lowest BCUT2D eigenvalue weighted by Gasteiger charge is -2.56. The summed E-state index contributed by atoms with van der Waals surface area (Å²) < 4.78 is 0. The van der Waals surface area contributed by atoms with Gasteiger partial charge < -0.3 is 15.3 Å². The quantitative estimate of drug-likeness (QED) is 0.672. The number of aliphatic hydroxyl groups is 1. The molecule has 0 amide bonds. The Labute approximate surface area is 118 Å². The number of fused-ring (bicyclic) bond motifs is 1. The number of hydrogen-bond donors (Lipinski definition) is 3. The summed E-state index contributed by atoms with van der Waals surface area (Å²) in [5, 5.41) is 29.2. The highest BCUT2D eigenvalue weighted by Gasteiger charge is 2.61. The molecule has 2 aliphatic carbocycles. The third-order valence-corrected chi connectivity index (χ3v) is 5.63. The number of carboxylic acids is 2. The number of carbonyl (C=O) groups is 2. The lowest BCUT2D eigenvalue weighted by molar-refractivity contribution is -0.174. The molecule has 112 valence electrons. The number of rotatable bonds is 2. The van der Waals surface area contributed by atoms with E-state index >= 15 is 0 Å². The Morgan fingerprint density at radius 1 is 1.25 bits per heavy atom. The van der Waals surface area contributed by atoms with Gasteiger partial charge in [0.1, 0.15) is 0 Å². The second-order valence-electron chi connectivity index (χ2n) is 6.73. The highest BCUT2D eigenvalue weighted by molar-refractivity contribution is 5.78. The van der Waals surface area contributed by atoms with Gasteiger partial charge in [0, 0.05) is 0 Å². The third-order valence-electron chi connectivity index (χ3n) is 5.63. The van der Waals surface area contributed by atoms with Crippen molar-refractivity contribution >= 4 is 11.9 Å². The summed E-state index contributed by atoms with van der Waals surface area (Å²) in [5.74, 6) is -3.16. The van der Waals surface area contributed by atoms with Crippen molar-refractivity contribution in [3.8, 4) is 0 Å². The molecule has 5 heteroatoms. The van der Waals surface area contributed by atoms with Gasteiger partial charge in [-0.05, 0) is 43.1 Å². The molecule has 2 rings (SSSR count). The van der Waals surface area contributed by atoms with Crippen molar-refractivity contribution in [2.45, 2.75) is 45.6 Å². The van der Waals surface area contributed by atoms with Crippen LogP contribution in [0.15, 0.2) is 12.2 Å². The predicted molar refractivity (Wildman–Crippen MR) is 72.1 cm³/mol. The van der Waals surface area contributed by atoms with Gasteiger partial charge >= 0.3 is 11.9 Å². The van der Waals surface area contributed by atoms with Crippen LogP contribution in [0.3, 0.4) is 0 Å². The molecular formula is C15H22O5. The van der Waals surface area contributed by atoms with Crippen LogP contribution in [0.1, 0.15) is 39.5 Å². The van der Waals surface area contributed by atoms with E-state index in [4.69, 9.17) is 0 Å². The van der Waals surface area contributed by atoms with Crippen molar-refractivity contribution < 1.29 is 24.9 Å². The summed E-state index contributed by atoms with van der Waals surface area (Å²) >= 11 is 0. The van der Waals surface area contributed by atoms with Crippen LogP contribution >= 0.6 is 0 Å². The average Bonchev–Trinajstić information content (AvgIpc) is 2.32. The Kier molecular flexibility index (Phi) is 3.45. The molecular weight excluding hydrogens is 260 g/mol. The van der Waals surface area contributed by atoms with E-state index in [0.29, 0.717) is 24.8 Å². The molecule has 0 radical (unpaired) electrons. The summed E-state index contributed by atoms with van der Waals surface area (Å²) in [5.41, 5.74) is -1.33. The molecule has 0 unspecified atom stereocenters. The maximum absolute atomic E-state index is 11.7. The normalized spacial score (nSPS) is 44.8. The van der Waals surface area contributed by atoms with Gasteiger partial charge in [0.25, 0.3) is 0 Å². The van der Waals surface area contributed by atoms with Crippen molar-refractivity contribution in [1.29, 1.82) is 0 Å². The minimum absolute atomic E-state index is 0.280. The van der Waals surface area contributed by atoms with Crippen molar-refractivity contribution in [1.82, 2.24) is 0 Å². The first-order chi connectivity index (χ1) is 9.14. The van der Waals surface area contributed by atoms with Gasteiger partial charge in [-0.1, -0.05) is 19.9 Å². The van der Waals surface area contributed by atoms with E-state index in [0.717, 1.165) is 0 Å². The van der Waals surface area contributed by atoms with E-state index in [1.807, 2.05) is 6.92 Å². The fraction of sp³-hybridized carbons (Fsp3) is 0.733. The molecule has 0 saturated heterocycles. The van der Waals surface area contributed by atoms with E-state index in [-0.39, 0.29) is 12.3 Å². The molecule has 0 aromatic heterocycles. The first-order valence-electron chi connectivity index (χ1n) is 6.97. The Morgan fingerprint density at radius 2 is 1.85 bits per heavy atom. The van der Waals surface area contributed by atoms with Crippen LogP contribution in [0.5, 0.6) is 0 Å². The Balaban J connectivity index is 2.53. The lowest BCUT2D eigenvalue weighted by Crippen LogP contribution is -2.57. The second kappa shape index (κ2) is 4.58. The van der Waals surface area contributed by atoms with Crippen molar-refractivity contribution in [2.75, 3.05) is 0 Å². The zero-order valence-corrected chi connectivity index (χ0v) is 11.9. The largest absolute Gasteiger partial charge is 0.481 e. The molecule has 0 bridgehead atoms. The van der Waals surface area contributed by atoms with Gasteiger partial charge in [-0.2, -0.15) is 0 Å². The molecule has 5 atom stereocenters. The van der Waals surface area contributed by atoms with Gasteiger partial charge in [0.05, 0.1) is 17.4 Å². The number of carboxylic acid groups (broad SMARTS) is 2. The highest BCUT2D eigenvalue weighted by Crippen LogP contribution is 2.61. The lowest BCUT2D eigenvalue weighted by atomic mass is 9.46. The van der Waals surface area contributed by atoms with Crippen LogP contribution in [-0.4, -0.2) is 33.4 Å². The number of aliphatic carboxylic acids is 2. The maximum Gasteiger partial charge on any atom is 0.311 e. The Bertz CT molecular complexity index is 471. The standard InChI is InChI=1S/C15H22O5/c1-8-9(16)7-10-14(2,11(8)12(17)18)5-4-6-15(10,3)13(19)20/h9-11,16H,1,4-7H2,2-3H3,(H,17,18)(H,19,20)/t9-,10-,11-,14+,15+/m1/s1. The van der Waals surface area contributed by atoms with E-state index in [2.05, 4.69) is 6.58 Å². The first-order valence-corrected chi connectivity index (χ1v) is 6.97. The third kappa shape index (κ3) is 1.87. The van der Waals surface area contributed by atoms with Crippen LogP contribution in [0.2, 0.25) is 0 Å². The minimum Gasteiger partial charge on any atom is -0.481 e. The van der Waals surface area contributed by atoms with Gasteiger partial charge in [-0.3, -0.25) is 9.59 Å². The van der Waals surface area contributed by atoms with Crippen LogP contribution in [0.4, 0.5) is 0 Å². The molecule has 3 N–H and O–H groups in total. The molecule has 5 nitrogen and oxygen atoms in total. The van der Waals surface area contributed by atoms with Crippen molar-refractivity contribution in [3.63, 3.8) is 0 Å². The summed E-state index contributed by atoms with van der Waals surface area (Å²) in [4.78, 5) is 23.3. The molecule has 2 fully saturated rings. The van der Waals surface area contributed by atoms with Crippen LogP contribution in [-0.2, 0) is 9.59 Å². The SMILES string of the molecule is C=C1[C@H](C(=O)O)[C@@]2(C)CCC[C@](C)(C(=O)O)[C@@H]2C[C@H]1O. The summed E-state index contributed by atoms with van der Waals surface area (Å²) in [6, 6.07) is 0. The van der Waals surface area contributed by atoms with E-state index in [1.54, 1.807) is 6.92 Å². The number of aliphatic hydroxyl groups excluding tert-OH is 1. The summed E-state index contributed by atoms with van der Waals surface area (Å²) in [7, 11) is 0. The molecule has 0 spiro atoms. The van der Waals surface area contributed by atoms with Crippen LogP contribution < -0.4 is 0 Å². The van der Waals surface area contributed by atoms with E-state index < -0.39 is 34.8 Å². The molecule has 2 saturated carbocycles. The van der Waals surface area contributed by atoms with Crippen molar-refractivity contribution in [3.05, 3.63) is 12.2 Å². The van der Waals surface area contributed by atoms with Gasteiger partial charge in [0.2, 0.25) is 0 Å². The van der Waals surface area contributed by atoms with Crippen LogP contribution in [0, 0.1) is 22.7 Å². The van der Waals surface area contributed by atoms with E-state index in [1.165, 1.54) is 0 Å². The zero-order chi connectivity index (χ0) is 15.3.